The quantitative estimate of drug-likeness (QED) is 0.626. The zero-order chi connectivity index (χ0) is 12.3. The number of ether oxygens (including phenoxy) is 1. The summed E-state index contributed by atoms with van der Waals surface area (Å²) in [6.45, 7) is 5.64. The van der Waals surface area contributed by atoms with Crippen LogP contribution in [0.4, 0.5) is 5.69 Å². The van der Waals surface area contributed by atoms with Crippen LogP contribution in [0.1, 0.15) is 23.1 Å². The number of anilines is 1. The number of hydrogen-bond acceptors (Lipinski definition) is 3. The fourth-order valence-corrected chi connectivity index (χ4v) is 1.37. The molecule has 0 saturated carbocycles. The summed E-state index contributed by atoms with van der Waals surface area (Å²) in [5.74, 6) is -0.399. The summed E-state index contributed by atoms with van der Waals surface area (Å²) in [7, 11) is 3.11. The lowest BCUT2D eigenvalue weighted by molar-refractivity contribution is 0.0590. The summed E-state index contributed by atoms with van der Waals surface area (Å²) in [6, 6.07) is 1.60. The minimum atomic E-state index is -0.399. The number of hydrogen-bond donors (Lipinski definition) is 1. The van der Waals surface area contributed by atoms with Crippen LogP contribution in [0.2, 0.25) is 0 Å². The highest BCUT2D eigenvalue weighted by atomic mass is 16.5. The third kappa shape index (κ3) is 2.34. The van der Waals surface area contributed by atoms with Gasteiger partial charge in [-0.1, -0.05) is 18.2 Å². The van der Waals surface area contributed by atoms with Crippen molar-refractivity contribution in [2.45, 2.75) is 6.92 Å². The predicted molar refractivity (Wildman–Crippen MR) is 65.0 cm³/mol. The van der Waals surface area contributed by atoms with Crippen LogP contribution in [-0.4, -0.2) is 17.6 Å². The van der Waals surface area contributed by atoms with Crippen molar-refractivity contribution in [3.8, 4) is 0 Å². The van der Waals surface area contributed by atoms with E-state index in [4.69, 9.17) is 5.73 Å². The molecule has 4 heteroatoms. The van der Waals surface area contributed by atoms with E-state index in [1.807, 2.05) is 19.1 Å². The number of rotatable bonds is 3. The van der Waals surface area contributed by atoms with Gasteiger partial charge < -0.3 is 15.0 Å². The lowest BCUT2D eigenvalue weighted by Crippen LogP contribution is -2.08. The van der Waals surface area contributed by atoms with Gasteiger partial charge in [-0.25, -0.2) is 4.79 Å². The van der Waals surface area contributed by atoms with E-state index in [0.717, 1.165) is 11.3 Å². The molecular weight excluding hydrogens is 204 g/mol. The number of nitrogens with two attached hydrogens (primary N) is 1. The Bertz CT molecular complexity index is 456. The van der Waals surface area contributed by atoms with E-state index in [1.165, 1.54) is 7.11 Å². The Morgan fingerprint density at radius 1 is 1.62 bits per heavy atom. The average molecular weight is 220 g/mol. The van der Waals surface area contributed by atoms with Crippen molar-refractivity contribution in [3.63, 3.8) is 0 Å². The van der Waals surface area contributed by atoms with Crippen molar-refractivity contribution < 1.29 is 9.53 Å². The summed E-state index contributed by atoms with van der Waals surface area (Å²) >= 11 is 0. The molecule has 0 radical (unpaired) electrons. The first-order valence-corrected chi connectivity index (χ1v) is 4.84. The molecular formula is C12H16N2O2. The van der Waals surface area contributed by atoms with Crippen molar-refractivity contribution >= 4 is 17.7 Å². The summed E-state index contributed by atoms with van der Waals surface area (Å²) in [5.41, 5.74) is 8.47. The van der Waals surface area contributed by atoms with E-state index < -0.39 is 5.97 Å². The van der Waals surface area contributed by atoms with Gasteiger partial charge in [-0.3, -0.25) is 0 Å². The SMILES string of the molecule is C=C(C)/C=C\c1c(N)cc(C(=O)OC)n1C. The number of nitrogen functional groups attached to an aromatic ring is 1. The van der Waals surface area contributed by atoms with Crippen molar-refractivity contribution in [1.82, 2.24) is 4.57 Å². The Kier molecular flexibility index (Phi) is 3.55. The molecule has 1 aromatic rings. The van der Waals surface area contributed by atoms with Gasteiger partial charge in [-0.2, -0.15) is 0 Å². The van der Waals surface area contributed by atoms with E-state index in [0.29, 0.717) is 11.4 Å². The second-order valence-electron chi connectivity index (χ2n) is 3.60. The molecule has 0 unspecified atom stereocenters. The van der Waals surface area contributed by atoms with Gasteiger partial charge in [0.05, 0.1) is 18.5 Å². The molecule has 4 nitrogen and oxygen atoms in total. The van der Waals surface area contributed by atoms with Crippen molar-refractivity contribution in [2.24, 2.45) is 7.05 Å². The number of allylic oxidation sites excluding steroid dienone is 2. The molecule has 16 heavy (non-hydrogen) atoms. The first-order chi connectivity index (χ1) is 7.47. The Hall–Kier alpha value is -1.97. The fraction of sp³-hybridized carbons (Fsp3) is 0.250. The third-order valence-corrected chi connectivity index (χ3v) is 2.23. The molecule has 0 atom stereocenters. The summed E-state index contributed by atoms with van der Waals surface area (Å²) in [4.78, 5) is 11.4. The van der Waals surface area contributed by atoms with Crippen molar-refractivity contribution in [1.29, 1.82) is 0 Å². The molecule has 0 aliphatic carbocycles. The van der Waals surface area contributed by atoms with Crippen molar-refractivity contribution in [2.75, 3.05) is 12.8 Å². The molecule has 2 N–H and O–H groups in total. The molecule has 86 valence electrons. The first-order valence-electron chi connectivity index (χ1n) is 4.84. The maximum atomic E-state index is 11.4. The smallest absolute Gasteiger partial charge is 0.354 e. The third-order valence-electron chi connectivity index (χ3n) is 2.23. The average Bonchev–Trinajstić information content (AvgIpc) is 2.51. The van der Waals surface area contributed by atoms with Crippen LogP contribution >= 0.6 is 0 Å². The highest BCUT2D eigenvalue weighted by Gasteiger charge is 2.14. The van der Waals surface area contributed by atoms with Crippen LogP contribution in [0, 0.1) is 0 Å². The number of esters is 1. The lowest BCUT2D eigenvalue weighted by atomic mass is 10.2. The summed E-state index contributed by atoms with van der Waals surface area (Å²) < 4.78 is 6.35. The minimum absolute atomic E-state index is 0.399. The fourth-order valence-electron chi connectivity index (χ4n) is 1.37. The lowest BCUT2D eigenvalue weighted by Gasteiger charge is -2.03. The van der Waals surface area contributed by atoms with Gasteiger partial charge in [-0.15, -0.1) is 0 Å². The Morgan fingerprint density at radius 2 is 2.25 bits per heavy atom. The van der Waals surface area contributed by atoms with Gasteiger partial charge in [0.1, 0.15) is 5.69 Å². The predicted octanol–water partition coefficient (Wildman–Crippen LogP) is 1.98. The van der Waals surface area contributed by atoms with Crippen LogP contribution in [0.3, 0.4) is 0 Å². The Morgan fingerprint density at radius 3 is 2.75 bits per heavy atom. The molecule has 1 rings (SSSR count). The summed E-state index contributed by atoms with van der Waals surface area (Å²) in [6.07, 6.45) is 3.66. The molecule has 0 aliphatic heterocycles. The van der Waals surface area contributed by atoms with Crippen LogP contribution in [-0.2, 0) is 11.8 Å². The van der Waals surface area contributed by atoms with Gasteiger partial charge in [-0.05, 0) is 19.1 Å². The number of carbonyl (C=O) groups excluding carboxylic acids is 1. The Balaban J connectivity index is 3.17. The second-order valence-corrected chi connectivity index (χ2v) is 3.60. The van der Waals surface area contributed by atoms with E-state index in [9.17, 15) is 4.79 Å². The normalized spacial score (nSPS) is 10.7. The highest BCUT2D eigenvalue weighted by molar-refractivity contribution is 5.90. The van der Waals surface area contributed by atoms with E-state index in [-0.39, 0.29) is 0 Å². The number of carbonyl (C=O) groups is 1. The highest BCUT2D eigenvalue weighted by Crippen LogP contribution is 2.19. The largest absolute Gasteiger partial charge is 0.464 e. The van der Waals surface area contributed by atoms with Gasteiger partial charge >= 0.3 is 5.97 Å². The first kappa shape index (κ1) is 12.1. The van der Waals surface area contributed by atoms with Crippen LogP contribution in [0.15, 0.2) is 24.3 Å². The zero-order valence-electron chi connectivity index (χ0n) is 9.78. The molecule has 0 fully saturated rings. The minimum Gasteiger partial charge on any atom is -0.464 e. The Labute approximate surface area is 95.0 Å². The van der Waals surface area contributed by atoms with E-state index in [1.54, 1.807) is 17.7 Å². The van der Waals surface area contributed by atoms with Gasteiger partial charge in [0.2, 0.25) is 0 Å². The van der Waals surface area contributed by atoms with E-state index >= 15 is 0 Å². The molecule has 0 aromatic carbocycles. The molecule has 0 amide bonds. The van der Waals surface area contributed by atoms with Gasteiger partial charge in [0, 0.05) is 7.05 Å². The molecule has 0 spiro atoms. The van der Waals surface area contributed by atoms with Gasteiger partial charge in [0.15, 0.2) is 0 Å². The van der Waals surface area contributed by atoms with Crippen LogP contribution in [0.25, 0.3) is 6.08 Å². The molecule has 0 bridgehead atoms. The van der Waals surface area contributed by atoms with Crippen LogP contribution in [0.5, 0.6) is 0 Å². The topological polar surface area (TPSA) is 57.3 Å². The summed E-state index contributed by atoms with van der Waals surface area (Å²) in [5, 5.41) is 0. The van der Waals surface area contributed by atoms with E-state index in [2.05, 4.69) is 11.3 Å². The zero-order valence-corrected chi connectivity index (χ0v) is 9.78. The molecule has 1 aromatic heterocycles. The maximum Gasteiger partial charge on any atom is 0.354 e. The molecule has 0 saturated heterocycles. The molecule has 1 heterocycles. The maximum absolute atomic E-state index is 11.4. The standard InChI is InChI=1S/C12H16N2O2/c1-8(2)5-6-10-9(13)7-11(14(10)3)12(15)16-4/h5-7H,1,13H2,2-4H3/b6-5-. The van der Waals surface area contributed by atoms with Gasteiger partial charge in [0.25, 0.3) is 0 Å². The van der Waals surface area contributed by atoms with Crippen LogP contribution < -0.4 is 5.73 Å². The number of aromatic nitrogens is 1. The number of methoxy groups -OCH3 is 1. The second kappa shape index (κ2) is 4.70. The van der Waals surface area contributed by atoms with Crippen molar-refractivity contribution in [3.05, 3.63) is 35.7 Å². The number of nitrogens with zero attached hydrogens (tertiary/aromatic N) is 1. The monoisotopic (exact) mass is 220 g/mol. The molecule has 0 aliphatic rings.